The molecule has 0 aromatic carbocycles. The van der Waals surface area contributed by atoms with Gasteiger partial charge in [0.25, 0.3) is 0 Å². The summed E-state index contributed by atoms with van der Waals surface area (Å²) in [7, 11) is 0. The Balaban J connectivity index is 3.28. The van der Waals surface area contributed by atoms with Crippen molar-refractivity contribution in [2.45, 2.75) is 33.6 Å². The van der Waals surface area contributed by atoms with Gasteiger partial charge in [0, 0.05) is 13.0 Å². The molecule has 0 bridgehead atoms. The highest BCUT2D eigenvalue weighted by atomic mass is 16.5. The number of nitrogens with one attached hydrogen (secondary N) is 1. The van der Waals surface area contributed by atoms with E-state index in [4.69, 9.17) is 4.74 Å². The van der Waals surface area contributed by atoms with Crippen LogP contribution < -0.4 is 5.32 Å². The largest absolute Gasteiger partial charge is 0.375 e. The number of hydrogen-bond donors (Lipinski definition) is 1. The van der Waals surface area contributed by atoms with E-state index in [9.17, 15) is 4.79 Å². The molecule has 1 N–H and O–H groups in total. The van der Waals surface area contributed by atoms with Crippen LogP contribution in [-0.2, 0) is 9.53 Å². The van der Waals surface area contributed by atoms with Gasteiger partial charge in [-0.25, -0.2) is 0 Å². The molecule has 0 spiro atoms. The summed E-state index contributed by atoms with van der Waals surface area (Å²) in [5.74, 6) is 0.693. The van der Waals surface area contributed by atoms with Gasteiger partial charge in [0.05, 0.1) is 13.2 Å². The lowest BCUT2D eigenvalue weighted by Gasteiger charge is -2.07. The number of carbonyl (C=O) groups is 1. The van der Waals surface area contributed by atoms with Crippen molar-refractivity contribution in [2.75, 3.05) is 19.8 Å². The van der Waals surface area contributed by atoms with E-state index in [1.807, 2.05) is 6.92 Å². The minimum atomic E-state index is 0.114. The fourth-order valence-corrected chi connectivity index (χ4v) is 1.02. The Morgan fingerprint density at radius 3 is 2.67 bits per heavy atom. The topological polar surface area (TPSA) is 38.3 Å². The lowest BCUT2D eigenvalue weighted by Crippen LogP contribution is -2.27. The highest BCUT2D eigenvalue weighted by Gasteiger charge is 2.02. The fourth-order valence-electron chi connectivity index (χ4n) is 1.02. The van der Waals surface area contributed by atoms with Gasteiger partial charge in [-0.1, -0.05) is 26.0 Å². The first-order chi connectivity index (χ1) is 7.02. The third-order valence-corrected chi connectivity index (χ3v) is 1.87. The first-order valence-corrected chi connectivity index (χ1v) is 5.51. The molecule has 0 aromatic rings. The van der Waals surface area contributed by atoms with E-state index in [0.717, 1.165) is 12.0 Å². The maximum atomic E-state index is 11.3. The van der Waals surface area contributed by atoms with E-state index < -0.39 is 0 Å². The summed E-state index contributed by atoms with van der Waals surface area (Å²) >= 11 is 0. The Kier molecular flexibility index (Phi) is 8.01. The van der Waals surface area contributed by atoms with Crippen LogP contribution in [0.2, 0.25) is 0 Å². The van der Waals surface area contributed by atoms with Crippen LogP contribution >= 0.6 is 0 Å². The van der Waals surface area contributed by atoms with E-state index in [2.05, 4.69) is 25.7 Å². The number of carbonyl (C=O) groups excluding carboxylic acids is 1. The Bertz CT molecular complexity index is 200. The first-order valence-electron chi connectivity index (χ1n) is 5.51. The van der Waals surface area contributed by atoms with Gasteiger partial charge in [-0.15, -0.1) is 0 Å². The van der Waals surface area contributed by atoms with Crippen molar-refractivity contribution in [1.29, 1.82) is 0 Å². The molecule has 0 unspecified atom stereocenters. The maximum absolute atomic E-state index is 11.3. The molecule has 0 aliphatic carbocycles. The van der Waals surface area contributed by atoms with Crippen molar-refractivity contribution in [2.24, 2.45) is 5.92 Å². The summed E-state index contributed by atoms with van der Waals surface area (Å²) in [6.07, 6.45) is 1.55. The molecule has 3 nitrogen and oxygen atoms in total. The Hall–Kier alpha value is -0.830. The molecule has 15 heavy (non-hydrogen) atoms. The molecule has 0 fully saturated rings. The van der Waals surface area contributed by atoms with Crippen LogP contribution in [0.1, 0.15) is 33.6 Å². The molecule has 0 heterocycles. The van der Waals surface area contributed by atoms with Crippen molar-refractivity contribution in [3.8, 4) is 0 Å². The molecule has 88 valence electrons. The monoisotopic (exact) mass is 213 g/mol. The predicted molar refractivity (Wildman–Crippen MR) is 62.7 cm³/mol. The zero-order valence-corrected chi connectivity index (χ0v) is 10.1. The minimum absolute atomic E-state index is 0.114. The standard InChI is InChI=1S/C12H23NO2/c1-10(2)5-6-12(14)13-7-8-15-9-11(3)4/h10H,3,5-9H2,1-2,4H3,(H,13,14). The summed E-state index contributed by atoms with van der Waals surface area (Å²) in [5.41, 5.74) is 1.00. The molecule has 0 radical (unpaired) electrons. The molecule has 0 saturated heterocycles. The molecule has 0 aliphatic heterocycles. The van der Waals surface area contributed by atoms with Gasteiger partial charge in [0.1, 0.15) is 0 Å². The summed E-state index contributed by atoms with van der Waals surface area (Å²) < 4.78 is 5.26. The molecule has 0 saturated carbocycles. The number of hydrogen-bond acceptors (Lipinski definition) is 2. The maximum Gasteiger partial charge on any atom is 0.220 e. The Labute approximate surface area is 92.9 Å². The molecule has 1 amide bonds. The first kappa shape index (κ1) is 14.2. The van der Waals surface area contributed by atoms with Gasteiger partial charge in [0.2, 0.25) is 5.91 Å². The molecule has 0 atom stereocenters. The van der Waals surface area contributed by atoms with Crippen molar-refractivity contribution in [3.63, 3.8) is 0 Å². The lowest BCUT2D eigenvalue weighted by molar-refractivity contribution is -0.121. The summed E-state index contributed by atoms with van der Waals surface area (Å²) in [4.78, 5) is 11.3. The van der Waals surface area contributed by atoms with Crippen LogP contribution in [-0.4, -0.2) is 25.7 Å². The van der Waals surface area contributed by atoms with E-state index >= 15 is 0 Å². The van der Waals surface area contributed by atoms with Crippen LogP contribution in [0.4, 0.5) is 0 Å². The summed E-state index contributed by atoms with van der Waals surface area (Å²) in [5, 5.41) is 2.82. The molecule has 0 aliphatic rings. The average molecular weight is 213 g/mol. The molecular weight excluding hydrogens is 190 g/mol. The van der Waals surface area contributed by atoms with Crippen molar-refractivity contribution in [3.05, 3.63) is 12.2 Å². The van der Waals surface area contributed by atoms with Crippen LogP contribution in [0.5, 0.6) is 0 Å². The average Bonchev–Trinajstić information content (AvgIpc) is 2.13. The molecule has 0 aromatic heterocycles. The van der Waals surface area contributed by atoms with E-state index in [-0.39, 0.29) is 5.91 Å². The normalized spacial score (nSPS) is 10.4. The lowest BCUT2D eigenvalue weighted by atomic mass is 10.1. The Morgan fingerprint density at radius 2 is 2.13 bits per heavy atom. The highest BCUT2D eigenvalue weighted by molar-refractivity contribution is 5.75. The van der Waals surface area contributed by atoms with Crippen LogP contribution in [0.3, 0.4) is 0 Å². The van der Waals surface area contributed by atoms with Gasteiger partial charge >= 0.3 is 0 Å². The van der Waals surface area contributed by atoms with Crippen LogP contribution in [0.15, 0.2) is 12.2 Å². The fraction of sp³-hybridized carbons (Fsp3) is 0.750. The predicted octanol–water partition coefficient (Wildman–Crippen LogP) is 2.13. The van der Waals surface area contributed by atoms with E-state index in [1.54, 1.807) is 0 Å². The highest BCUT2D eigenvalue weighted by Crippen LogP contribution is 2.02. The SMILES string of the molecule is C=C(C)COCCNC(=O)CCC(C)C. The quantitative estimate of drug-likeness (QED) is 0.495. The summed E-state index contributed by atoms with van der Waals surface area (Å²) in [6, 6.07) is 0. The van der Waals surface area contributed by atoms with Crippen LogP contribution in [0, 0.1) is 5.92 Å². The minimum Gasteiger partial charge on any atom is -0.375 e. The van der Waals surface area contributed by atoms with Crippen molar-refractivity contribution >= 4 is 5.91 Å². The number of amides is 1. The van der Waals surface area contributed by atoms with Gasteiger partial charge in [-0.2, -0.15) is 0 Å². The zero-order chi connectivity index (χ0) is 11.7. The summed E-state index contributed by atoms with van der Waals surface area (Å²) in [6.45, 7) is 11.6. The van der Waals surface area contributed by atoms with Crippen molar-refractivity contribution < 1.29 is 9.53 Å². The Morgan fingerprint density at radius 1 is 1.47 bits per heavy atom. The smallest absolute Gasteiger partial charge is 0.220 e. The molecule has 0 rings (SSSR count). The number of ether oxygens (including phenoxy) is 1. The van der Waals surface area contributed by atoms with Gasteiger partial charge < -0.3 is 10.1 Å². The van der Waals surface area contributed by atoms with E-state index in [0.29, 0.717) is 32.1 Å². The second-order valence-electron chi connectivity index (χ2n) is 4.29. The third-order valence-electron chi connectivity index (χ3n) is 1.87. The second-order valence-corrected chi connectivity index (χ2v) is 4.29. The van der Waals surface area contributed by atoms with E-state index in [1.165, 1.54) is 0 Å². The van der Waals surface area contributed by atoms with Gasteiger partial charge in [-0.05, 0) is 19.3 Å². The molecule has 3 heteroatoms. The number of rotatable bonds is 8. The van der Waals surface area contributed by atoms with Gasteiger partial charge in [0.15, 0.2) is 0 Å². The zero-order valence-electron chi connectivity index (χ0n) is 10.1. The molecular formula is C12H23NO2. The second kappa shape index (κ2) is 8.48. The van der Waals surface area contributed by atoms with Gasteiger partial charge in [-0.3, -0.25) is 4.79 Å². The van der Waals surface area contributed by atoms with Crippen molar-refractivity contribution in [1.82, 2.24) is 5.32 Å². The van der Waals surface area contributed by atoms with Crippen LogP contribution in [0.25, 0.3) is 0 Å². The third kappa shape index (κ3) is 11.1.